The molecule has 6 nitrogen and oxygen atoms in total. The topological polar surface area (TPSA) is 76.1 Å². The molecule has 0 unspecified atom stereocenters. The monoisotopic (exact) mass is 354 g/mol. The molecular weight excluding hydrogens is 340 g/mol. The van der Waals surface area contributed by atoms with Gasteiger partial charge in [-0.15, -0.1) is 10.2 Å². The van der Waals surface area contributed by atoms with Gasteiger partial charge in [-0.1, -0.05) is 29.8 Å². The van der Waals surface area contributed by atoms with Gasteiger partial charge in [0.2, 0.25) is 0 Å². The molecular formula is C18H15ClN4O2. The number of anilines is 3. The van der Waals surface area contributed by atoms with Crippen LogP contribution in [0.1, 0.15) is 10.5 Å². The third kappa shape index (κ3) is 4.24. The Morgan fingerprint density at radius 3 is 2.60 bits per heavy atom. The second-order valence-electron chi connectivity index (χ2n) is 5.09. The van der Waals surface area contributed by atoms with Crippen LogP contribution in [-0.4, -0.2) is 23.2 Å². The molecule has 0 bridgehead atoms. The van der Waals surface area contributed by atoms with Gasteiger partial charge in [0.15, 0.2) is 11.5 Å². The second-order valence-corrected chi connectivity index (χ2v) is 5.50. The summed E-state index contributed by atoms with van der Waals surface area (Å²) in [6.07, 6.45) is 0. The Morgan fingerprint density at radius 1 is 1.04 bits per heavy atom. The van der Waals surface area contributed by atoms with Crippen molar-refractivity contribution in [2.24, 2.45) is 0 Å². The number of amides is 1. The van der Waals surface area contributed by atoms with Crippen LogP contribution in [0.3, 0.4) is 0 Å². The molecule has 126 valence electrons. The van der Waals surface area contributed by atoms with Gasteiger partial charge in [-0.3, -0.25) is 4.79 Å². The highest BCUT2D eigenvalue weighted by Gasteiger charge is 2.10. The number of nitrogens with one attached hydrogen (secondary N) is 2. The Labute approximate surface area is 149 Å². The van der Waals surface area contributed by atoms with Crippen LogP contribution in [0.5, 0.6) is 5.75 Å². The number of ether oxygens (including phenoxy) is 1. The molecule has 1 amide bonds. The van der Waals surface area contributed by atoms with E-state index in [9.17, 15) is 4.79 Å². The van der Waals surface area contributed by atoms with E-state index in [1.54, 1.807) is 43.5 Å². The summed E-state index contributed by atoms with van der Waals surface area (Å²) < 4.78 is 5.17. The van der Waals surface area contributed by atoms with Crippen LogP contribution in [0.25, 0.3) is 0 Å². The van der Waals surface area contributed by atoms with Crippen molar-refractivity contribution in [3.05, 3.63) is 71.4 Å². The number of halogens is 1. The van der Waals surface area contributed by atoms with Gasteiger partial charge in [-0.2, -0.15) is 0 Å². The van der Waals surface area contributed by atoms with E-state index in [0.29, 0.717) is 16.5 Å². The minimum atomic E-state index is -0.381. The minimum Gasteiger partial charge on any atom is -0.497 e. The van der Waals surface area contributed by atoms with Crippen molar-refractivity contribution in [3.8, 4) is 5.75 Å². The number of aromatic nitrogens is 2. The van der Waals surface area contributed by atoms with E-state index in [1.165, 1.54) is 0 Å². The SMILES string of the molecule is COc1cccc(Nc2ccc(C(=O)Nc3ccccc3Cl)nn2)c1. The number of methoxy groups -OCH3 is 1. The Morgan fingerprint density at radius 2 is 1.88 bits per heavy atom. The smallest absolute Gasteiger partial charge is 0.276 e. The number of benzene rings is 2. The Bertz CT molecular complexity index is 884. The summed E-state index contributed by atoms with van der Waals surface area (Å²) >= 11 is 6.03. The first kappa shape index (κ1) is 16.7. The van der Waals surface area contributed by atoms with Crippen molar-refractivity contribution < 1.29 is 9.53 Å². The summed E-state index contributed by atoms with van der Waals surface area (Å²) in [5.74, 6) is 0.866. The molecule has 0 saturated carbocycles. The van der Waals surface area contributed by atoms with Crippen LogP contribution >= 0.6 is 11.6 Å². The molecule has 25 heavy (non-hydrogen) atoms. The molecule has 0 fully saturated rings. The molecule has 0 aliphatic rings. The van der Waals surface area contributed by atoms with Crippen molar-refractivity contribution >= 4 is 34.7 Å². The van der Waals surface area contributed by atoms with Crippen molar-refractivity contribution in [1.29, 1.82) is 0 Å². The van der Waals surface area contributed by atoms with Gasteiger partial charge >= 0.3 is 0 Å². The number of rotatable bonds is 5. The quantitative estimate of drug-likeness (QED) is 0.720. The highest BCUT2D eigenvalue weighted by molar-refractivity contribution is 6.33. The van der Waals surface area contributed by atoms with Crippen LogP contribution in [-0.2, 0) is 0 Å². The van der Waals surface area contributed by atoms with Gasteiger partial charge < -0.3 is 15.4 Å². The molecule has 3 aromatic rings. The average Bonchev–Trinajstić information content (AvgIpc) is 2.64. The van der Waals surface area contributed by atoms with E-state index >= 15 is 0 Å². The molecule has 0 atom stereocenters. The molecule has 0 radical (unpaired) electrons. The molecule has 0 aliphatic carbocycles. The van der Waals surface area contributed by atoms with Crippen LogP contribution in [0.4, 0.5) is 17.2 Å². The molecule has 1 heterocycles. The number of carbonyl (C=O) groups excluding carboxylic acids is 1. The maximum atomic E-state index is 12.2. The van der Waals surface area contributed by atoms with Crippen molar-refractivity contribution in [2.75, 3.05) is 17.7 Å². The van der Waals surface area contributed by atoms with Gasteiger partial charge in [0.25, 0.3) is 5.91 Å². The first-order chi connectivity index (χ1) is 12.2. The molecule has 1 aromatic heterocycles. The number of nitrogens with zero attached hydrogens (tertiary/aromatic N) is 2. The number of para-hydroxylation sites is 1. The Kier molecular flexibility index (Phi) is 5.11. The highest BCUT2D eigenvalue weighted by atomic mass is 35.5. The Hall–Kier alpha value is -3.12. The Balaban J connectivity index is 1.69. The van der Waals surface area contributed by atoms with E-state index in [4.69, 9.17) is 16.3 Å². The van der Waals surface area contributed by atoms with Gasteiger partial charge in [0, 0.05) is 11.8 Å². The fraction of sp³-hybridized carbons (Fsp3) is 0.0556. The summed E-state index contributed by atoms with van der Waals surface area (Å²) in [6.45, 7) is 0. The minimum absolute atomic E-state index is 0.191. The molecule has 2 N–H and O–H groups in total. The zero-order valence-electron chi connectivity index (χ0n) is 13.4. The maximum Gasteiger partial charge on any atom is 0.276 e. The number of carbonyl (C=O) groups is 1. The maximum absolute atomic E-state index is 12.2. The van der Waals surface area contributed by atoms with Gasteiger partial charge in [0.05, 0.1) is 17.8 Å². The van der Waals surface area contributed by atoms with Gasteiger partial charge in [0.1, 0.15) is 5.75 Å². The van der Waals surface area contributed by atoms with E-state index in [-0.39, 0.29) is 11.6 Å². The summed E-state index contributed by atoms with van der Waals surface area (Å²) in [6, 6.07) is 17.7. The van der Waals surface area contributed by atoms with Crippen LogP contribution in [0.15, 0.2) is 60.7 Å². The lowest BCUT2D eigenvalue weighted by molar-refractivity contribution is 0.102. The fourth-order valence-corrected chi connectivity index (χ4v) is 2.30. The lowest BCUT2D eigenvalue weighted by Crippen LogP contribution is -2.14. The standard InChI is InChI=1S/C18H15ClN4O2/c1-25-13-6-4-5-12(11-13)20-17-10-9-16(22-23-17)18(24)21-15-8-3-2-7-14(15)19/h2-11H,1H3,(H,20,23)(H,21,24). The number of hydrogen-bond donors (Lipinski definition) is 2. The average molecular weight is 355 g/mol. The zero-order chi connectivity index (χ0) is 17.6. The lowest BCUT2D eigenvalue weighted by atomic mass is 10.3. The predicted octanol–water partition coefficient (Wildman–Crippen LogP) is 4.13. The van der Waals surface area contributed by atoms with Gasteiger partial charge in [-0.05, 0) is 36.4 Å². The number of hydrogen-bond acceptors (Lipinski definition) is 5. The van der Waals surface area contributed by atoms with Crippen molar-refractivity contribution in [1.82, 2.24) is 10.2 Å². The molecule has 0 saturated heterocycles. The normalized spacial score (nSPS) is 10.2. The third-order valence-corrected chi connectivity index (χ3v) is 3.69. The molecule has 7 heteroatoms. The summed E-state index contributed by atoms with van der Waals surface area (Å²) in [7, 11) is 1.60. The van der Waals surface area contributed by atoms with E-state index in [2.05, 4.69) is 20.8 Å². The second kappa shape index (κ2) is 7.63. The first-order valence-corrected chi connectivity index (χ1v) is 7.84. The van der Waals surface area contributed by atoms with Crippen LogP contribution in [0, 0.1) is 0 Å². The fourth-order valence-electron chi connectivity index (χ4n) is 2.12. The third-order valence-electron chi connectivity index (χ3n) is 3.36. The lowest BCUT2D eigenvalue weighted by Gasteiger charge is -2.08. The van der Waals surface area contributed by atoms with Crippen molar-refractivity contribution in [3.63, 3.8) is 0 Å². The van der Waals surface area contributed by atoms with E-state index in [0.717, 1.165) is 11.4 Å². The van der Waals surface area contributed by atoms with E-state index < -0.39 is 0 Å². The first-order valence-electron chi connectivity index (χ1n) is 7.46. The highest BCUT2D eigenvalue weighted by Crippen LogP contribution is 2.22. The van der Waals surface area contributed by atoms with Crippen molar-refractivity contribution in [2.45, 2.75) is 0 Å². The van der Waals surface area contributed by atoms with E-state index in [1.807, 2.05) is 24.3 Å². The molecule has 2 aromatic carbocycles. The molecule has 3 rings (SSSR count). The molecule has 0 aliphatic heterocycles. The summed E-state index contributed by atoms with van der Waals surface area (Å²) in [5, 5.41) is 14.2. The predicted molar refractivity (Wildman–Crippen MR) is 97.7 cm³/mol. The summed E-state index contributed by atoms with van der Waals surface area (Å²) in [4.78, 5) is 12.2. The zero-order valence-corrected chi connectivity index (χ0v) is 14.1. The summed E-state index contributed by atoms with van der Waals surface area (Å²) in [5.41, 5.74) is 1.52. The van der Waals surface area contributed by atoms with Crippen LogP contribution in [0.2, 0.25) is 5.02 Å². The largest absolute Gasteiger partial charge is 0.497 e. The van der Waals surface area contributed by atoms with Gasteiger partial charge in [-0.25, -0.2) is 0 Å². The molecule has 0 spiro atoms. The van der Waals surface area contributed by atoms with Crippen LogP contribution < -0.4 is 15.4 Å².